The van der Waals surface area contributed by atoms with E-state index >= 15 is 0 Å². The lowest BCUT2D eigenvalue weighted by Gasteiger charge is -2.26. The van der Waals surface area contributed by atoms with Crippen molar-refractivity contribution in [2.75, 3.05) is 44.9 Å². The summed E-state index contributed by atoms with van der Waals surface area (Å²) >= 11 is 0. The number of aryl methyl sites for hydroxylation is 1. The zero-order valence-corrected chi connectivity index (χ0v) is 16.8. The SMILES string of the molecule is Cc1cc(S(=O)(=O)N2CCOCC2)ccc1OCC(=O)N(C)c1ccccc1. The third kappa shape index (κ3) is 4.52. The Morgan fingerprint density at radius 2 is 1.82 bits per heavy atom. The molecule has 150 valence electrons. The van der Waals surface area contributed by atoms with E-state index in [1.54, 1.807) is 26.1 Å². The largest absolute Gasteiger partial charge is 0.483 e. The summed E-state index contributed by atoms with van der Waals surface area (Å²) in [6.45, 7) is 3.12. The standard InChI is InChI=1S/C20H24N2O5S/c1-16-14-18(28(24,25)22-10-12-26-13-11-22)8-9-19(16)27-15-20(23)21(2)17-6-4-3-5-7-17/h3-9,14H,10-13,15H2,1-2H3. The van der Waals surface area contributed by atoms with Gasteiger partial charge in [-0.25, -0.2) is 8.42 Å². The first-order valence-corrected chi connectivity index (χ1v) is 10.5. The van der Waals surface area contributed by atoms with Crippen molar-refractivity contribution < 1.29 is 22.7 Å². The predicted octanol–water partition coefficient (Wildman–Crippen LogP) is 2.06. The van der Waals surface area contributed by atoms with Gasteiger partial charge in [-0.1, -0.05) is 18.2 Å². The first-order chi connectivity index (χ1) is 13.4. The Hall–Kier alpha value is -2.42. The van der Waals surface area contributed by atoms with Crippen molar-refractivity contribution in [2.45, 2.75) is 11.8 Å². The topological polar surface area (TPSA) is 76.1 Å². The Morgan fingerprint density at radius 1 is 1.14 bits per heavy atom. The van der Waals surface area contributed by atoms with Crippen molar-refractivity contribution in [2.24, 2.45) is 0 Å². The second kappa shape index (κ2) is 8.72. The highest BCUT2D eigenvalue weighted by Gasteiger charge is 2.26. The van der Waals surface area contributed by atoms with E-state index in [0.717, 1.165) is 5.69 Å². The van der Waals surface area contributed by atoms with Gasteiger partial charge in [-0.05, 0) is 42.8 Å². The number of nitrogens with zero attached hydrogens (tertiary/aromatic N) is 2. The van der Waals surface area contributed by atoms with Crippen LogP contribution in [0.1, 0.15) is 5.56 Å². The molecule has 1 aliphatic heterocycles. The van der Waals surface area contributed by atoms with Gasteiger partial charge in [-0.15, -0.1) is 0 Å². The van der Waals surface area contributed by atoms with Crippen LogP contribution in [0.5, 0.6) is 5.75 Å². The van der Waals surface area contributed by atoms with E-state index in [9.17, 15) is 13.2 Å². The van der Waals surface area contributed by atoms with Crippen molar-refractivity contribution in [3.05, 3.63) is 54.1 Å². The van der Waals surface area contributed by atoms with Crippen molar-refractivity contribution >= 4 is 21.6 Å². The molecule has 0 spiro atoms. The van der Waals surface area contributed by atoms with Crippen LogP contribution in [0, 0.1) is 6.92 Å². The molecule has 28 heavy (non-hydrogen) atoms. The molecule has 1 amide bonds. The number of carbonyl (C=O) groups excluding carboxylic acids is 1. The molecule has 0 saturated carbocycles. The summed E-state index contributed by atoms with van der Waals surface area (Å²) in [5, 5.41) is 0. The summed E-state index contributed by atoms with van der Waals surface area (Å²) in [5.41, 5.74) is 1.43. The molecule has 0 aromatic heterocycles. The maximum atomic E-state index is 12.7. The number of sulfonamides is 1. The summed E-state index contributed by atoms with van der Waals surface area (Å²) in [7, 11) is -1.87. The van der Waals surface area contributed by atoms with Gasteiger partial charge in [-0.2, -0.15) is 4.31 Å². The number of ether oxygens (including phenoxy) is 2. The number of anilines is 1. The van der Waals surface area contributed by atoms with Gasteiger partial charge in [0.05, 0.1) is 18.1 Å². The Bertz CT molecular complexity index is 925. The number of hydrogen-bond donors (Lipinski definition) is 0. The van der Waals surface area contributed by atoms with E-state index in [0.29, 0.717) is 37.6 Å². The van der Waals surface area contributed by atoms with Gasteiger partial charge in [0.1, 0.15) is 5.75 Å². The number of likely N-dealkylation sites (N-methyl/N-ethyl adjacent to an activating group) is 1. The molecule has 0 bridgehead atoms. The molecular weight excluding hydrogens is 380 g/mol. The monoisotopic (exact) mass is 404 g/mol. The predicted molar refractivity (Wildman–Crippen MR) is 106 cm³/mol. The van der Waals surface area contributed by atoms with Gasteiger partial charge in [0.15, 0.2) is 6.61 Å². The zero-order chi connectivity index (χ0) is 20.1. The van der Waals surface area contributed by atoms with Crippen LogP contribution in [0.2, 0.25) is 0 Å². The van der Waals surface area contributed by atoms with Gasteiger partial charge >= 0.3 is 0 Å². The smallest absolute Gasteiger partial charge is 0.264 e. The highest BCUT2D eigenvalue weighted by atomic mass is 32.2. The average Bonchev–Trinajstić information content (AvgIpc) is 2.73. The zero-order valence-electron chi connectivity index (χ0n) is 16.0. The number of amides is 1. The molecule has 1 saturated heterocycles. The molecule has 1 heterocycles. The van der Waals surface area contributed by atoms with Crippen molar-refractivity contribution in [3.8, 4) is 5.75 Å². The van der Waals surface area contributed by atoms with Gasteiger partial charge in [-0.3, -0.25) is 4.79 Å². The molecule has 2 aromatic rings. The van der Waals surface area contributed by atoms with Gasteiger partial charge in [0.25, 0.3) is 5.91 Å². The Kier molecular flexibility index (Phi) is 6.33. The minimum Gasteiger partial charge on any atom is -0.483 e. The molecule has 0 radical (unpaired) electrons. The van der Waals surface area contributed by atoms with Gasteiger partial charge in [0, 0.05) is 25.8 Å². The highest BCUT2D eigenvalue weighted by Crippen LogP contribution is 2.25. The molecule has 2 aromatic carbocycles. The number of rotatable bonds is 6. The highest BCUT2D eigenvalue weighted by molar-refractivity contribution is 7.89. The summed E-state index contributed by atoms with van der Waals surface area (Å²) in [5.74, 6) is 0.284. The quantitative estimate of drug-likeness (QED) is 0.737. The molecule has 0 unspecified atom stereocenters. The lowest BCUT2D eigenvalue weighted by Crippen LogP contribution is -2.40. The fourth-order valence-electron chi connectivity index (χ4n) is 2.91. The van der Waals surface area contributed by atoms with Crippen LogP contribution in [-0.2, 0) is 19.6 Å². The van der Waals surface area contributed by atoms with E-state index in [-0.39, 0.29) is 17.4 Å². The van der Waals surface area contributed by atoms with E-state index in [2.05, 4.69) is 0 Å². The summed E-state index contributed by atoms with van der Waals surface area (Å²) in [6.07, 6.45) is 0. The van der Waals surface area contributed by atoms with E-state index < -0.39 is 10.0 Å². The van der Waals surface area contributed by atoms with Crippen LogP contribution in [0.4, 0.5) is 5.69 Å². The third-order valence-corrected chi connectivity index (χ3v) is 6.52. The fourth-order valence-corrected chi connectivity index (χ4v) is 4.41. The van der Waals surface area contributed by atoms with Gasteiger partial charge in [0.2, 0.25) is 10.0 Å². The minimum atomic E-state index is -3.56. The minimum absolute atomic E-state index is 0.137. The first kappa shape index (κ1) is 20.3. The van der Waals surface area contributed by atoms with Gasteiger partial charge < -0.3 is 14.4 Å². The molecule has 3 rings (SSSR count). The summed E-state index contributed by atoms with van der Waals surface area (Å²) < 4.78 is 37.7. The van der Waals surface area contributed by atoms with Crippen LogP contribution in [-0.4, -0.2) is 58.6 Å². The third-order valence-electron chi connectivity index (χ3n) is 4.62. The molecule has 0 N–H and O–H groups in total. The fraction of sp³-hybridized carbons (Fsp3) is 0.350. The van der Waals surface area contributed by atoms with Crippen LogP contribution >= 0.6 is 0 Å². The first-order valence-electron chi connectivity index (χ1n) is 9.02. The molecule has 7 nitrogen and oxygen atoms in total. The normalized spacial score (nSPS) is 15.2. The van der Waals surface area contributed by atoms with Crippen molar-refractivity contribution in [1.29, 1.82) is 0 Å². The van der Waals surface area contributed by atoms with Crippen molar-refractivity contribution in [3.63, 3.8) is 0 Å². The number of morpholine rings is 1. The Labute approximate surface area is 165 Å². The van der Waals surface area contributed by atoms with E-state index in [1.165, 1.54) is 15.3 Å². The summed E-state index contributed by atoms with van der Waals surface area (Å²) in [6, 6.07) is 14.0. The van der Waals surface area contributed by atoms with Crippen LogP contribution in [0.25, 0.3) is 0 Å². The molecular formula is C20H24N2O5S. The molecule has 0 atom stereocenters. The lowest BCUT2D eigenvalue weighted by molar-refractivity contribution is -0.120. The molecule has 8 heteroatoms. The van der Waals surface area contributed by atoms with E-state index in [1.807, 2.05) is 30.3 Å². The average molecular weight is 404 g/mol. The second-order valence-electron chi connectivity index (χ2n) is 6.52. The lowest BCUT2D eigenvalue weighted by atomic mass is 10.2. The molecule has 1 aliphatic rings. The number of carbonyl (C=O) groups is 1. The Morgan fingerprint density at radius 3 is 2.46 bits per heavy atom. The number of para-hydroxylation sites is 1. The van der Waals surface area contributed by atoms with E-state index in [4.69, 9.17) is 9.47 Å². The summed E-state index contributed by atoms with van der Waals surface area (Å²) in [4.78, 5) is 14.1. The van der Waals surface area contributed by atoms with Crippen LogP contribution in [0.3, 0.4) is 0 Å². The molecule has 0 aliphatic carbocycles. The molecule has 1 fully saturated rings. The van der Waals surface area contributed by atoms with Crippen LogP contribution in [0.15, 0.2) is 53.4 Å². The Balaban J connectivity index is 1.66. The number of hydrogen-bond acceptors (Lipinski definition) is 5. The van der Waals surface area contributed by atoms with Crippen molar-refractivity contribution in [1.82, 2.24) is 4.31 Å². The second-order valence-corrected chi connectivity index (χ2v) is 8.46. The maximum absolute atomic E-state index is 12.7. The number of benzene rings is 2. The van der Waals surface area contributed by atoms with Crippen LogP contribution < -0.4 is 9.64 Å². The maximum Gasteiger partial charge on any atom is 0.264 e.